The number of aryl methyl sites for hydroxylation is 2. The smallest absolute Gasteiger partial charge is 0.226 e. The van der Waals surface area contributed by atoms with Gasteiger partial charge in [0.2, 0.25) is 5.89 Å². The molecule has 0 atom stereocenters. The van der Waals surface area contributed by atoms with Crippen molar-refractivity contribution in [3.63, 3.8) is 0 Å². The standard InChI is InChI=1S/C15H25N5O/c1-12-18-13(21-19-12)5-3-9-17-14(16-2)20-10-8-15(11-20)6-4-7-15/h3-11H2,1-2H3,(H,16,17). The van der Waals surface area contributed by atoms with E-state index in [1.807, 2.05) is 14.0 Å². The summed E-state index contributed by atoms with van der Waals surface area (Å²) in [6.07, 6.45) is 7.32. The lowest BCUT2D eigenvalue weighted by Gasteiger charge is -2.38. The van der Waals surface area contributed by atoms with Gasteiger partial charge < -0.3 is 14.7 Å². The first kappa shape index (κ1) is 14.4. The molecule has 1 aliphatic carbocycles. The molecule has 21 heavy (non-hydrogen) atoms. The zero-order valence-electron chi connectivity index (χ0n) is 13.1. The van der Waals surface area contributed by atoms with E-state index in [0.29, 0.717) is 11.2 Å². The van der Waals surface area contributed by atoms with E-state index in [0.717, 1.165) is 37.8 Å². The van der Waals surface area contributed by atoms with Crippen LogP contribution in [0.5, 0.6) is 0 Å². The largest absolute Gasteiger partial charge is 0.356 e. The summed E-state index contributed by atoms with van der Waals surface area (Å²) in [7, 11) is 1.87. The number of nitrogens with zero attached hydrogens (tertiary/aromatic N) is 4. The molecule has 1 aromatic heterocycles. The zero-order chi connectivity index (χ0) is 14.7. The van der Waals surface area contributed by atoms with Crippen molar-refractivity contribution in [3.05, 3.63) is 11.7 Å². The first-order chi connectivity index (χ1) is 10.2. The minimum Gasteiger partial charge on any atom is -0.356 e. The van der Waals surface area contributed by atoms with Crippen molar-refractivity contribution in [3.8, 4) is 0 Å². The van der Waals surface area contributed by atoms with E-state index in [9.17, 15) is 0 Å². The minimum atomic E-state index is 0.610. The molecule has 1 aromatic rings. The Hall–Kier alpha value is -1.59. The zero-order valence-corrected chi connectivity index (χ0v) is 13.1. The van der Waals surface area contributed by atoms with Crippen molar-refractivity contribution in [1.29, 1.82) is 0 Å². The predicted molar refractivity (Wildman–Crippen MR) is 81.2 cm³/mol. The van der Waals surface area contributed by atoms with Crippen LogP contribution in [0.2, 0.25) is 0 Å². The third kappa shape index (κ3) is 3.19. The van der Waals surface area contributed by atoms with Crippen molar-refractivity contribution in [1.82, 2.24) is 20.4 Å². The van der Waals surface area contributed by atoms with Crippen LogP contribution in [0.25, 0.3) is 0 Å². The lowest BCUT2D eigenvalue weighted by molar-refractivity contribution is 0.151. The van der Waals surface area contributed by atoms with Gasteiger partial charge in [-0.25, -0.2) is 0 Å². The van der Waals surface area contributed by atoms with Gasteiger partial charge in [0.25, 0.3) is 0 Å². The molecule has 2 fully saturated rings. The quantitative estimate of drug-likeness (QED) is 0.520. The maximum Gasteiger partial charge on any atom is 0.226 e. The average molecular weight is 291 g/mol. The van der Waals surface area contributed by atoms with Crippen LogP contribution >= 0.6 is 0 Å². The Labute approximate surface area is 126 Å². The van der Waals surface area contributed by atoms with Gasteiger partial charge in [0, 0.05) is 33.1 Å². The molecule has 0 unspecified atom stereocenters. The van der Waals surface area contributed by atoms with Gasteiger partial charge >= 0.3 is 0 Å². The van der Waals surface area contributed by atoms with Gasteiger partial charge in [-0.1, -0.05) is 11.6 Å². The molecule has 1 aliphatic heterocycles. The normalized spacial score (nSPS) is 20.9. The molecular formula is C15H25N5O. The molecule has 1 saturated carbocycles. The maximum atomic E-state index is 5.12. The number of hydrogen-bond acceptors (Lipinski definition) is 4. The monoisotopic (exact) mass is 291 g/mol. The summed E-state index contributed by atoms with van der Waals surface area (Å²) in [4.78, 5) is 11.1. The van der Waals surface area contributed by atoms with Crippen LogP contribution in [0.4, 0.5) is 0 Å². The second-order valence-electron chi connectivity index (χ2n) is 6.34. The molecule has 0 bridgehead atoms. The van der Waals surface area contributed by atoms with E-state index in [1.165, 1.54) is 32.2 Å². The first-order valence-corrected chi connectivity index (χ1v) is 7.96. The van der Waals surface area contributed by atoms with Crippen LogP contribution in [0.15, 0.2) is 9.52 Å². The van der Waals surface area contributed by atoms with E-state index in [2.05, 4.69) is 25.3 Å². The van der Waals surface area contributed by atoms with Gasteiger partial charge in [-0.2, -0.15) is 4.98 Å². The maximum absolute atomic E-state index is 5.12. The van der Waals surface area contributed by atoms with Crippen molar-refractivity contribution < 1.29 is 4.52 Å². The molecule has 0 aromatic carbocycles. The molecular weight excluding hydrogens is 266 g/mol. The molecule has 6 nitrogen and oxygen atoms in total. The first-order valence-electron chi connectivity index (χ1n) is 7.96. The summed E-state index contributed by atoms with van der Waals surface area (Å²) in [6, 6.07) is 0. The Morgan fingerprint density at radius 1 is 1.43 bits per heavy atom. The van der Waals surface area contributed by atoms with Crippen LogP contribution in [-0.2, 0) is 6.42 Å². The molecule has 6 heteroatoms. The van der Waals surface area contributed by atoms with Gasteiger partial charge in [0.15, 0.2) is 11.8 Å². The Kier molecular flexibility index (Phi) is 4.12. The number of likely N-dealkylation sites (tertiary alicyclic amines) is 1. The summed E-state index contributed by atoms with van der Waals surface area (Å²) in [5, 5.41) is 7.26. The lowest BCUT2D eigenvalue weighted by atomic mass is 9.68. The molecule has 0 radical (unpaired) electrons. The van der Waals surface area contributed by atoms with E-state index in [-0.39, 0.29) is 0 Å². The van der Waals surface area contributed by atoms with Crippen LogP contribution in [0, 0.1) is 12.3 Å². The highest BCUT2D eigenvalue weighted by Gasteiger charge is 2.43. The topological polar surface area (TPSA) is 66.5 Å². The average Bonchev–Trinajstić information content (AvgIpc) is 3.05. The summed E-state index contributed by atoms with van der Waals surface area (Å²) in [5.74, 6) is 2.47. The van der Waals surface area contributed by atoms with Crippen molar-refractivity contribution >= 4 is 5.96 Å². The number of hydrogen-bond donors (Lipinski definition) is 1. The fourth-order valence-electron chi connectivity index (χ4n) is 3.41. The predicted octanol–water partition coefficient (Wildman–Crippen LogP) is 1.76. The molecule has 1 spiro atoms. The van der Waals surface area contributed by atoms with Crippen LogP contribution in [0.3, 0.4) is 0 Å². The van der Waals surface area contributed by atoms with E-state index >= 15 is 0 Å². The number of guanidine groups is 1. The van der Waals surface area contributed by atoms with Crippen LogP contribution < -0.4 is 5.32 Å². The highest BCUT2D eigenvalue weighted by atomic mass is 16.5. The third-order valence-electron chi connectivity index (χ3n) is 4.78. The number of aliphatic imine (C=N–C) groups is 1. The molecule has 116 valence electrons. The molecule has 0 amide bonds. The number of rotatable bonds is 4. The summed E-state index contributed by atoms with van der Waals surface area (Å²) in [6.45, 7) is 5.05. The molecule has 1 saturated heterocycles. The third-order valence-corrected chi connectivity index (χ3v) is 4.78. The van der Waals surface area contributed by atoms with E-state index in [4.69, 9.17) is 4.52 Å². The summed E-state index contributed by atoms with van der Waals surface area (Å²) in [5.41, 5.74) is 0.610. The van der Waals surface area contributed by atoms with Crippen LogP contribution in [0.1, 0.15) is 43.8 Å². The minimum absolute atomic E-state index is 0.610. The Morgan fingerprint density at radius 2 is 2.29 bits per heavy atom. The molecule has 2 aliphatic rings. The van der Waals surface area contributed by atoms with Gasteiger partial charge in [-0.05, 0) is 38.0 Å². The van der Waals surface area contributed by atoms with Crippen molar-refractivity contribution in [2.24, 2.45) is 10.4 Å². The van der Waals surface area contributed by atoms with Crippen molar-refractivity contribution in [2.45, 2.75) is 45.4 Å². The second kappa shape index (κ2) is 6.03. The fraction of sp³-hybridized carbons (Fsp3) is 0.800. The van der Waals surface area contributed by atoms with E-state index in [1.54, 1.807) is 0 Å². The molecule has 1 N–H and O–H groups in total. The fourth-order valence-corrected chi connectivity index (χ4v) is 3.41. The Balaban J connectivity index is 1.41. The van der Waals surface area contributed by atoms with Gasteiger partial charge in [0.1, 0.15) is 0 Å². The summed E-state index contributed by atoms with van der Waals surface area (Å²) >= 11 is 0. The Bertz CT molecular complexity index is 506. The van der Waals surface area contributed by atoms with Gasteiger partial charge in [-0.3, -0.25) is 4.99 Å². The second-order valence-corrected chi connectivity index (χ2v) is 6.34. The highest BCUT2D eigenvalue weighted by Crippen LogP contribution is 2.47. The SMILES string of the molecule is CN=C(NCCCc1nc(C)no1)N1CCC2(CCC2)C1. The molecule has 3 rings (SSSR count). The summed E-state index contributed by atoms with van der Waals surface area (Å²) < 4.78 is 5.12. The lowest BCUT2D eigenvalue weighted by Crippen LogP contribution is -2.42. The van der Waals surface area contributed by atoms with E-state index < -0.39 is 0 Å². The Morgan fingerprint density at radius 3 is 2.86 bits per heavy atom. The highest BCUT2D eigenvalue weighted by molar-refractivity contribution is 5.80. The number of aromatic nitrogens is 2. The van der Waals surface area contributed by atoms with Crippen LogP contribution in [-0.4, -0.2) is 47.7 Å². The van der Waals surface area contributed by atoms with Gasteiger partial charge in [-0.15, -0.1) is 0 Å². The number of nitrogens with one attached hydrogen (secondary N) is 1. The molecule has 2 heterocycles. The van der Waals surface area contributed by atoms with Crippen molar-refractivity contribution in [2.75, 3.05) is 26.7 Å². The van der Waals surface area contributed by atoms with Gasteiger partial charge in [0.05, 0.1) is 0 Å².